The highest BCUT2D eigenvalue weighted by Crippen LogP contribution is 2.25. The van der Waals surface area contributed by atoms with Crippen molar-refractivity contribution in [2.45, 2.75) is 57.1 Å². The predicted octanol–water partition coefficient (Wildman–Crippen LogP) is 4.42. The summed E-state index contributed by atoms with van der Waals surface area (Å²) in [5, 5.41) is 0. The Balaban J connectivity index is 1.81. The summed E-state index contributed by atoms with van der Waals surface area (Å²) in [6, 6.07) is 8.32. The highest BCUT2D eigenvalue weighted by molar-refractivity contribution is 7.94. The molecule has 0 aliphatic carbocycles. The van der Waals surface area contributed by atoms with Gasteiger partial charge in [0.25, 0.3) is 0 Å². The highest BCUT2D eigenvalue weighted by atomic mass is 32.2. The number of carbonyl (C=O) groups excluding carboxylic acids is 1. The summed E-state index contributed by atoms with van der Waals surface area (Å²) in [5.74, 6) is 0. The minimum absolute atomic E-state index is 0.104. The average molecular weight is 323 g/mol. The lowest BCUT2D eigenvalue weighted by Gasteiger charge is -2.28. The molecular weight excluding hydrogens is 298 g/mol. The summed E-state index contributed by atoms with van der Waals surface area (Å²) in [6.45, 7) is 9.00. The Labute approximate surface area is 137 Å². The first-order chi connectivity index (χ1) is 10.3. The van der Waals surface area contributed by atoms with Gasteiger partial charge in [-0.1, -0.05) is 17.7 Å². The molecule has 1 aromatic carbocycles. The molecule has 22 heavy (non-hydrogen) atoms. The van der Waals surface area contributed by atoms with Gasteiger partial charge < -0.3 is 13.8 Å². The van der Waals surface area contributed by atoms with Crippen LogP contribution in [0, 0.1) is 6.92 Å². The number of ether oxygens (including phenoxy) is 1. The van der Waals surface area contributed by atoms with Crippen molar-refractivity contribution in [1.29, 1.82) is 0 Å². The van der Waals surface area contributed by atoms with Crippen LogP contribution >= 0.6 is 12.0 Å². The minimum Gasteiger partial charge on any atom is -0.444 e. The maximum absolute atomic E-state index is 12.2. The molecule has 5 heteroatoms. The van der Waals surface area contributed by atoms with Crippen molar-refractivity contribution in [2.24, 2.45) is 0 Å². The third kappa shape index (κ3) is 5.21. The first-order valence-corrected chi connectivity index (χ1v) is 8.45. The van der Waals surface area contributed by atoms with Gasteiger partial charge >= 0.3 is 6.09 Å². The number of aryl methyl sites for hydroxylation is 1. The lowest BCUT2D eigenvalue weighted by Crippen LogP contribution is -2.41. The van der Waals surface area contributed by atoms with Gasteiger partial charge in [0, 0.05) is 23.5 Å². The summed E-state index contributed by atoms with van der Waals surface area (Å²) < 4.78 is 11.2. The fourth-order valence-corrected chi connectivity index (χ4v) is 2.95. The topological polar surface area (TPSA) is 38.8 Å². The molecule has 122 valence electrons. The van der Waals surface area contributed by atoms with E-state index >= 15 is 0 Å². The first kappa shape index (κ1) is 17.2. The fraction of sp³-hybridized carbons (Fsp3) is 0.588. The Morgan fingerprint density at radius 3 is 2.64 bits per heavy atom. The van der Waals surface area contributed by atoms with Gasteiger partial charge in [-0.15, -0.1) is 0 Å². The molecule has 1 aliphatic heterocycles. The van der Waals surface area contributed by atoms with Crippen molar-refractivity contribution in [3.8, 4) is 0 Å². The molecule has 1 amide bonds. The SMILES string of the molecule is Cc1ccc(SOC[C@@H]2CCCN2C(=O)OC(C)(C)C)cc1. The van der Waals surface area contributed by atoms with Crippen molar-refractivity contribution >= 4 is 18.1 Å². The average Bonchev–Trinajstić information content (AvgIpc) is 2.88. The number of benzene rings is 1. The van der Waals surface area contributed by atoms with E-state index in [1.165, 1.54) is 17.6 Å². The van der Waals surface area contributed by atoms with Gasteiger partial charge in [-0.25, -0.2) is 4.79 Å². The van der Waals surface area contributed by atoms with Gasteiger partial charge in [0.15, 0.2) is 0 Å². The molecular formula is C17H25NO3S. The van der Waals surface area contributed by atoms with E-state index in [0.717, 1.165) is 24.3 Å². The Morgan fingerprint density at radius 1 is 1.32 bits per heavy atom. The normalized spacial score (nSPS) is 18.5. The third-order valence-electron chi connectivity index (χ3n) is 3.44. The molecule has 2 rings (SSSR count). The lowest BCUT2D eigenvalue weighted by molar-refractivity contribution is 0.0194. The smallest absolute Gasteiger partial charge is 0.410 e. The van der Waals surface area contributed by atoms with E-state index in [-0.39, 0.29) is 12.1 Å². The third-order valence-corrected chi connectivity index (χ3v) is 4.16. The first-order valence-electron chi connectivity index (χ1n) is 7.71. The molecule has 1 aliphatic rings. The molecule has 1 aromatic rings. The Hall–Kier alpha value is -1.20. The van der Waals surface area contributed by atoms with E-state index in [2.05, 4.69) is 19.1 Å². The van der Waals surface area contributed by atoms with E-state index in [9.17, 15) is 4.79 Å². The summed E-state index contributed by atoms with van der Waals surface area (Å²) in [5.41, 5.74) is 0.776. The van der Waals surface area contributed by atoms with Crippen LogP contribution in [-0.4, -0.2) is 35.8 Å². The minimum atomic E-state index is -0.457. The molecule has 0 aromatic heterocycles. The second kappa shape index (κ2) is 7.38. The zero-order valence-corrected chi connectivity index (χ0v) is 14.6. The summed E-state index contributed by atoms with van der Waals surface area (Å²) in [6.07, 6.45) is 1.73. The van der Waals surface area contributed by atoms with Crippen molar-refractivity contribution in [1.82, 2.24) is 4.90 Å². The molecule has 4 nitrogen and oxygen atoms in total. The molecule has 0 N–H and O–H groups in total. The summed E-state index contributed by atoms with van der Waals surface area (Å²) >= 11 is 1.36. The second-order valence-electron chi connectivity index (χ2n) is 6.65. The molecule has 0 unspecified atom stereocenters. The zero-order valence-electron chi connectivity index (χ0n) is 13.8. The van der Waals surface area contributed by atoms with Gasteiger partial charge in [0.05, 0.1) is 12.6 Å². The Kier molecular flexibility index (Phi) is 5.75. The number of amides is 1. The Morgan fingerprint density at radius 2 is 2.00 bits per heavy atom. The van der Waals surface area contributed by atoms with E-state index in [1.807, 2.05) is 32.9 Å². The van der Waals surface area contributed by atoms with Gasteiger partial charge in [0.1, 0.15) is 5.60 Å². The number of hydrogen-bond acceptors (Lipinski definition) is 4. The van der Waals surface area contributed by atoms with Crippen LogP contribution in [-0.2, 0) is 8.92 Å². The predicted molar refractivity (Wildman–Crippen MR) is 89.0 cm³/mol. The second-order valence-corrected chi connectivity index (χ2v) is 7.52. The van der Waals surface area contributed by atoms with Crippen LogP contribution in [0.3, 0.4) is 0 Å². The molecule has 0 radical (unpaired) electrons. The molecule has 1 heterocycles. The van der Waals surface area contributed by atoms with Crippen LogP contribution in [0.5, 0.6) is 0 Å². The number of hydrogen-bond donors (Lipinski definition) is 0. The van der Waals surface area contributed by atoms with Crippen LogP contribution in [0.2, 0.25) is 0 Å². The van der Waals surface area contributed by atoms with Crippen molar-refractivity contribution in [3.63, 3.8) is 0 Å². The monoisotopic (exact) mass is 323 g/mol. The fourth-order valence-electron chi connectivity index (χ4n) is 2.34. The van der Waals surface area contributed by atoms with Gasteiger partial charge in [-0.05, 0) is 52.7 Å². The molecule has 1 atom stereocenters. The maximum atomic E-state index is 12.2. The largest absolute Gasteiger partial charge is 0.444 e. The summed E-state index contributed by atoms with van der Waals surface area (Å²) in [7, 11) is 0. The van der Waals surface area contributed by atoms with E-state index in [0.29, 0.717) is 6.61 Å². The van der Waals surface area contributed by atoms with Crippen LogP contribution in [0.4, 0.5) is 4.79 Å². The van der Waals surface area contributed by atoms with Crippen LogP contribution in [0.1, 0.15) is 39.2 Å². The van der Waals surface area contributed by atoms with Crippen molar-refractivity contribution < 1.29 is 13.7 Å². The molecule has 0 saturated carbocycles. The highest BCUT2D eigenvalue weighted by Gasteiger charge is 2.32. The van der Waals surface area contributed by atoms with Crippen molar-refractivity contribution in [3.05, 3.63) is 29.8 Å². The van der Waals surface area contributed by atoms with Crippen LogP contribution in [0.25, 0.3) is 0 Å². The zero-order chi connectivity index (χ0) is 16.2. The van der Waals surface area contributed by atoms with E-state index in [1.54, 1.807) is 4.90 Å². The Bertz CT molecular complexity index is 496. The standard InChI is InChI=1S/C17H25NO3S/c1-13-7-9-15(10-8-13)22-20-12-14-6-5-11-18(14)16(19)21-17(2,3)4/h7-10,14H,5-6,11-12H2,1-4H3/t14-/m0/s1. The number of likely N-dealkylation sites (tertiary alicyclic amines) is 1. The molecule has 1 fully saturated rings. The molecule has 0 bridgehead atoms. The summed E-state index contributed by atoms with van der Waals surface area (Å²) in [4.78, 5) is 15.1. The lowest BCUT2D eigenvalue weighted by atomic mass is 10.2. The van der Waals surface area contributed by atoms with E-state index < -0.39 is 5.60 Å². The number of carbonyl (C=O) groups is 1. The van der Waals surface area contributed by atoms with Crippen molar-refractivity contribution in [2.75, 3.05) is 13.2 Å². The van der Waals surface area contributed by atoms with Gasteiger partial charge in [-0.3, -0.25) is 0 Å². The molecule has 1 saturated heterocycles. The maximum Gasteiger partial charge on any atom is 0.410 e. The van der Waals surface area contributed by atoms with E-state index in [4.69, 9.17) is 8.92 Å². The number of rotatable bonds is 4. The van der Waals surface area contributed by atoms with Crippen LogP contribution < -0.4 is 0 Å². The van der Waals surface area contributed by atoms with Gasteiger partial charge in [0.2, 0.25) is 0 Å². The molecule has 0 spiro atoms. The number of nitrogens with zero attached hydrogens (tertiary/aromatic N) is 1. The van der Waals surface area contributed by atoms with Gasteiger partial charge in [-0.2, -0.15) is 0 Å². The van der Waals surface area contributed by atoms with Crippen LogP contribution in [0.15, 0.2) is 29.2 Å². The quantitative estimate of drug-likeness (QED) is 0.769.